The number of aromatic nitrogens is 2. The number of ether oxygens (including phenoxy) is 1. The molecule has 82 valence electrons. The van der Waals surface area contributed by atoms with Crippen LogP contribution in [0.4, 0.5) is 0 Å². The molecule has 2 aromatic rings. The van der Waals surface area contributed by atoms with Crippen molar-refractivity contribution in [2.24, 2.45) is 0 Å². The maximum absolute atomic E-state index is 8.83. The minimum Gasteiger partial charge on any atom is -0.473 e. The topological polar surface area (TPSA) is 50.8 Å². The molecule has 1 aromatic carbocycles. The van der Waals surface area contributed by atoms with Gasteiger partial charge in [-0.1, -0.05) is 6.08 Å². The largest absolute Gasteiger partial charge is 0.473 e. The van der Waals surface area contributed by atoms with Gasteiger partial charge in [0.05, 0.1) is 29.6 Å². The maximum atomic E-state index is 8.83. The third kappa shape index (κ3) is 1.58. The van der Waals surface area contributed by atoms with Crippen LogP contribution in [0.3, 0.4) is 0 Å². The number of nitriles is 1. The quantitative estimate of drug-likeness (QED) is 0.746. The van der Waals surface area contributed by atoms with Gasteiger partial charge in [0, 0.05) is 5.39 Å². The van der Waals surface area contributed by atoms with E-state index in [1.807, 2.05) is 30.4 Å². The molecular weight excluding hydrogens is 214 g/mol. The Bertz CT molecular complexity index is 661. The van der Waals surface area contributed by atoms with Gasteiger partial charge >= 0.3 is 0 Å². The van der Waals surface area contributed by atoms with E-state index in [0.717, 1.165) is 10.9 Å². The highest BCUT2D eigenvalue weighted by atomic mass is 16.5. The van der Waals surface area contributed by atoms with Crippen LogP contribution in [0.25, 0.3) is 10.9 Å². The number of allylic oxidation sites excluding steroid dienone is 2. The van der Waals surface area contributed by atoms with Crippen molar-refractivity contribution in [3.8, 4) is 6.07 Å². The second-order valence-corrected chi connectivity index (χ2v) is 3.71. The lowest BCUT2D eigenvalue weighted by Gasteiger charge is -2.16. The van der Waals surface area contributed by atoms with E-state index in [2.05, 4.69) is 11.2 Å². The predicted molar refractivity (Wildman–Crippen MR) is 62.9 cm³/mol. The number of nitrogens with zero attached hydrogens (tertiary/aromatic N) is 3. The number of hydrogen-bond acceptors (Lipinski definition) is 3. The molecule has 0 radical (unpaired) electrons. The summed E-state index contributed by atoms with van der Waals surface area (Å²) < 4.78 is 7.24. The second kappa shape index (κ2) is 3.80. The molecule has 1 unspecified atom stereocenters. The Hall–Kier alpha value is -2.54. The molecule has 0 N–H and O–H groups in total. The number of hydrogen-bond donors (Lipinski definition) is 0. The van der Waals surface area contributed by atoms with Crippen molar-refractivity contribution in [3.63, 3.8) is 0 Å². The fraction of sp³-hybridized carbons (Fsp3) is 0.0769. The smallest absolute Gasteiger partial charge is 0.210 e. The molecule has 0 bridgehead atoms. The van der Waals surface area contributed by atoms with Crippen molar-refractivity contribution in [3.05, 3.63) is 54.4 Å². The molecule has 1 aliphatic rings. The summed E-state index contributed by atoms with van der Waals surface area (Å²) in [5, 5.41) is 14.1. The van der Waals surface area contributed by atoms with Crippen LogP contribution in [0.1, 0.15) is 11.8 Å². The first-order valence-corrected chi connectivity index (χ1v) is 5.25. The van der Waals surface area contributed by atoms with Gasteiger partial charge in [-0.3, -0.25) is 0 Å². The van der Waals surface area contributed by atoms with E-state index in [9.17, 15) is 0 Å². The minimum atomic E-state index is -0.217. The summed E-state index contributed by atoms with van der Waals surface area (Å²) in [7, 11) is 0. The molecule has 1 aliphatic heterocycles. The van der Waals surface area contributed by atoms with Crippen LogP contribution in [0.15, 0.2) is 48.9 Å². The summed E-state index contributed by atoms with van der Waals surface area (Å²) in [4.78, 5) is 0. The molecule has 0 fully saturated rings. The molecule has 0 saturated carbocycles. The van der Waals surface area contributed by atoms with E-state index >= 15 is 0 Å². The first-order chi connectivity index (χ1) is 8.38. The lowest BCUT2D eigenvalue weighted by Crippen LogP contribution is -2.10. The fourth-order valence-electron chi connectivity index (χ4n) is 1.84. The average Bonchev–Trinajstić information content (AvgIpc) is 2.82. The van der Waals surface area contributed by atoms with Crippen LogP contribution in [-0.4, -0.2) is 9.78 Å². The van der Waals surface area contributed by atoms with Crippen molar-refractivity contribution < 1.29 is 4.74 Å². The van der Waals surface area contributed by atoms with Crippen LogP contribution in [0, 0.1) is 11.3 Å². The normalized spacial score (nSPS) is 17.9. The van der Waals surface area contributed by atoms with E-state index < -0.39 is 0 Å². The molecule has 3 rings (SSSR count). The lowest BCUT2D eigenvalue weighted by molar-refractivity contribution is 0.114. The third-order valence-electron chi connectivity index (χ3n) is 2.65. The van der Waals surface area contributed by atoms with Crippen molar-refractivity contribution >= 4 is 10.9 Å². The molecule has 4 heteroatoms. The monoisotopic (exact) mass is 223 g/mol. The Kier molecular flexibility index (Phi) is 2.16. The Labute approximate surface area is 98.0 Å². The Balaban J connectivity index is 2.10. The summed E-state index contributed by atoms with van der Waals surface area (Å²) in [6, 6.07) is 7.60. The van der Waals surface area contributed by atoms with Gasteiger partial charge in [-0.2, -0.15) is 10.4 Å². The van der Waals surface area contributed by atoms with E-state index in [4.69, 9.17) is 10.00 Å². The van der Waals surface area contributed by atoms with Crippen LogP contribution in [0.2, 0.25) is 0 Å². The summed E-state index contributed by atoms with van der Waals surface area (Å²) in [5.41, 5.74) is 1.59. The number of benzene rings is 1. The molecule has 1 aromatic heterocycles. The highest BCUT2D eigenvalue weighted by Crippen LogP contribution is 2.22. The Morgan fingerprint density at radius 3 is 3.06 bits per heavy atom. The molecule has 4 nitrogen and oxygen atoms in total. The van der Waals surface area contributed by atoms with Crippen molar-refractivity contribution in [1.29, 1.82) is 5.26 Å². The van der Waals surface area contributed by atoms with E-state index in [1.54, 1.807) is 23.2 Å². The first kappa shape index (κ1) is 9.67. The van der Waals surface area contributed by atoms with Crippen LogP contribution in [-0.2, 0) is 4.74 Å². The molecule has 1 atom stereocenters. The third-order valence-corrected chi connectivity index (χ3v) is 2.65. The molecule has 2 heterocycles. The van der Waals surface area contributed by atoms with Crippen LogP contribution >= 0.6 is 0 Å². The molecule has 0 amide bonds. The van der Waals surface area contributed by atoms with Crippen molar-refractivity contribution in [2.75, 3.05) is 0 Å². The van der Waals surface area contributed by atoms with Crippen molar-refractivity contribution in [1.82, 2.24) is 9.78 Å². The van der Waals surface area contributed by atoms with Gasteiger partial charge in [-0.25, -0.2) is 4.68 Å². The second-order valence-electron chi connectivity index (χ2n) is 3.71. The SMILES string of the molecule is N#Cc1ccc2c(cnn2C2C=CC=CO2)c1. The Morgan fingerprint density at radius 2 is 2.29 bits per heavy atom. The minimum absolute atomic E-state index is 0.217. The molecule has 0 saturated heterocycles. The summed E-state index contributed by atoms with van der Waals surface area (Å²) in [6.07, 6.45) is 8.84. The molecular formula is C13H9N3O. The molecule has 0 aliphatic carbocycles. The number of rotatable bonds is 1. The van der Waals surface area contributed by atoms with Gasteiger partial charge in [-0.15, -0.1) is 0 Å². The van der Waals surface area contributed by atoms with Gasteiger partial charge in [0.25, 0.3) is 0 Å². The lowest BCUT2D eigenvalue weighted by atomic mass is 10.2. The predicted octanol–water partition coefficient (Wildman–Crippen LogP) is 2.51. The Morgan fingerprint density at radius 1 is 1.35 bits per heavy atom. The fourth-order valence-corrected chi connectivity index (χ4v) is 1.84. The van der Waals surface area contributed by atoms with Gasteiger partial charge in [0.1, 0.15) is 0 Å². The zero-order chi connectivity index (χ0) is 11.7. The van der Waals surface area contributed by atoms with Crippen molar-refractivity contribution in [2.45, 2.75) is 6.23 Å². The summed E-state index contributed by atoms with van der Waals surface area (Å²) >= 11 is 0. The standard InChI is InChI=1S/C13H9N3O/c14-8-10-4-5-12-11(7-10)9-15-16(12)13-3-1-2-6-17-13/h1-7,9,13H. The zero-order valence-electron chi connectivity index (χ0n) is 8.95. The van der Waals surface area contributed by atoms with Crippen LogP contribution in [0.5, 0.6) is 0 Å². The number of fused-ring (bicyclic) bond motifs is 1. The average molecular weight is 223 g/mol. The van der Waals surface area contributed by atoms with Crippen LogP contribution < -0.4 is 0 Å². The molecule has 0 spiro atoms. The highest BCUT2D eigenvalue weighted by Gasteiger charge is 2.13. The highest BCUT2D eigenvalue weighted by molar-refractivity contribution is 5.80. The van der Waals surface area contributed by atoms with Gasteiger partial charge < -0.3 is 4.74 Å². The van der Waals surface area contributed by atoms with Gasteiger partial charge in [0.15, 0.2) is 0 Å². The van der Waals surface area contributed by atoms with Gasteiger partial charge in [-0.05, 0) is 30.4 Å². The molecule has 17 heavy (non-hydrogen) atoms. The van der Waals surface area contributed by atoms with E-state index in [1.165, 1.54) is 0 Å². The van der Waals surface area contributed by atoms with E-state index in [-0.39, 0.29) is 6.23 Å². The van der Waals surface area contributed by atoms with E-state index in [0.29, 0.717) is 5.56 Å². The summed E-state index contributed by atoms with van der Waals surface area (Å²) in [6.45, 7) is 0. The zero-order valence-corrected chi connectivity index (χ0v) is 8.95. The summed E-state index contributed by atoms with van der Waals surface area (Å²) in [5.74, 6) is 0. The maximum Gasteiger partial charge on any atom is 0.210 e. The first-order valence-electron chi connectivity index (χ1n) is 5.25. The van der Waals surface area contributed by atoms with Gasteiger partial charge in [0.2, 0.25) is 6.23 Å².